The van der Waals surface area contributed by atoms with E-state index in [2.05, 4.69) is 4.90 Å². The van der Waals surface area contributed by atoms with Crippen molar-refractivity contribution in [2.24, 2.45) is 5.73 Å². The van der Waals surface area contributed by atoms with Gasteiger partial charge in [0.05, 0.1) is 5.56 Å². The number of hydrogen-bond acceptors (Lipinski definition) is 4. The van der Waals surface area contributed by atoms with Crippen LogP contribution in [-0.4, -0.2) is 30.1 Å². The van der Waals surface area contributed by atoms with Crippen LogP contribution in [0.1, 0.15) is 27.9 Å². The molecule has 2 aromatic rings. The van der Waals surface area contributed by atoms with E-state index in [1.165, 1.54) is 0 Å². The zero-order valence-corrected chi connectivity index (χ0v) is 13.8. The van der Waals surface area contributed by atoms with Crippen molar-refractivity contribution in [3.63, 3.8) is 0 Å². The molecule has 3 rings (SSSR count). The van der Waals surface area contributed by atoms with Crippen LogP contribution in [-0.2, 0) is 17.8 Å². The Morgan fingerprint density at radius 3 is 2.76 bits per heavy atom. The molecule has 25 heavy (non-hydrogen) atoms. The summed E-state index contributed by atoms with van der Waals surface area (Å²) in [6.07, 6.45) is 1.83. The van der Waals surface area contributed by atoms with Crippen molar-refractivity contribution in [3.05, 3.63) is 59.2 Å². The number of carbonyl (C=O) groups is 2. The number of hydrogen-bond donors (Lipinski definition) is 2. The lowest BCUT2D eigenvalue weighted by Gasteiger charge is -2.32. The second-order valence-corrected chi connectivity index (χ2v) is 6.04. The van der Waals surface area contributed by atoms with Crippen molar-refractivity contribution in [2.45, 2.75) is 19.4 Å². The van der Waals surface area contributed by atoms with Gasteiger partial charge in [-0.1, -0.05) is 18.2 Å². The van der Waals surface area contributed by atoms with Crippen LogP contribution < -0.4 is 15.4 Å². The second-order valence-electron chi connectivity index (χ2n) is 6.04. The second kappa shape index (κ2) is 7.25. The Morgan fingerprint density at radius 1 is 1.20 bits per heavy atom. The zero-order valence-electron chi connectivity index (χ0n) is 13.8. The van der Waals surface area contributed by atoms with Crippen LogP contribution in [0.3, 0.4) is 0 Å². The molecule has 2 aromatic carbocycles. The highest BCUT2D eigenvalue weighted by Crippen LogP contribution is 2.35. The third-order valence-corrected chi connectivity index (χ3v) is 4.22. The van der Waals surface area contributed by atoms with Crippen LogP contribution in [0.15, 0.2) is 42.5 Å². The molecule has 0 unspecified atom stereocenters. The van der Waals surface area contributed by atoms with Gasteiger partial charge in [-0.15, -0.1) is 0 Å². The number of carboxylic acid groups (broad SMARTS) is 1. The molecule has 1 amide bonds. The number of primary amides is 1. The highest BCUT2D eigenvalue weighted by Gasteiger charge is 2.20. The van der Waals surface area contributed by atoms with Gasteiger partial charge in [0, 0.05) is 24.3 Å². The first kappa shape index (κ1) is 16.8. The molecule has 0 spiro atoms. The minimum atomic E-state index is -0.928. The van der Waals surface area contributed by atoms with Gasteiger partial charge in [0.2, 0.25) is 0 Å². The van der Waals surface area contributed by atoms with Crippen LogP contribution >= 0.6 is 0 Å². The molecule has 0 aliphatic carbocycles. The summed E-state index contributed by atoms with van der Waals surface area (Å²) in [7, 11) is 0. The van der Waals surface area contributed by atoms with Gasteiger partial charge in [-0.05, 0) is 42.7 Å². The standard InChI is InChI=1S/C19H20N2O4/c20-18(22)12-25-17-8-2-7-16-15(17)6-3-9-21(16)11-13-4-1-5-14(10-13)19(23)24/h1-2,4-5,7-8,10H,3,6,9,11-12H2,(H2,20,22)(H,23,24). The molecule has 1 aliphatic heterocycles. The SMILES string of the molecule is NC(=O)COc1cccc2c1CCCN2Cc1cccc(C(=O)O)c1. The maximum absolute atomic E-state index is 11.1. The van der Waals surface area contributed by atoms with Gasteiger partial charge in [-0.25, -0.2) is 4.79 Å². The summed E-state index contributed by atoms with van der Waals surface area (Å²) in [4.78, 5) is 24.3. The number of carbonyl (C=O) groups excluding carboxylic acids is 1. The number of amides is 1. The predicted octanol–water partition coefficient (Wildman–Crippen LogP) is 2.20. The molecule has 1 aliphatic rings. The summed E-state index contributed by atoms with van der Waals surface area (Å²) in [6.45, 7) is 1.36. The molecule has 0 aromatic heterocycles. The van der Waals surface area contributed by atoms with Crippen molar-refractivity contribution in [1.29, 1.82) is 0 Å². The number of nitrogens with zero attached hydrogens (tertiary/aromatic N) is 1. The lowest BCUT2D eigenvalue weighted by molar-refractivity contribution is -0.119. The number of carboxylic acids is 1. The molecule has 0 saturated carbocycles. The first-order chi connectivity index (χ1) is 12.0. The molecule has 0 fully saturated rings. The summed E-state index contributed by atoms with van der Waals surface area (Å²) in [5, 5.41) is 9.15. The predicted molar refractivity (Wildman–Crippen MR) is 93.9 cm³/mol. The minimum Gasteiger partial charge on any atom is -0.483 e. The number of ether oxygens (including phenoxy) is 1. The summed E-state index contributed by atoms with van der Waals surface area (Å²) >= 11 is 0. The van der Waals surface area contributed by atoms with E-state index in [1.54, 1.807) is 18.2 Å². The molecular formula is C19H20N2O4. The summed E-state index contributed by atoms with van der Waals surface area (Å²) in [5.41, 5.74) is 8.50. The maximum atomic E-state index is 11.1. The van der Waals surface area contributed by atoms with Gasteiger partial charge >= 0.3 is 5.97 Å². The molecule has 1 heterocycles. The van der Waals surface area contributed by atoms with Gasteiger partial charge in [0.15, 0.2) is 6.61 Å². The smallest absolute Gasteiger partial charge is 0.335 e. The van der Waals surface area contributed by atoms with Crippen molar-refractivity contribution in [1.82, 2.24) is 0 Å². The molecule has 0 saturated heterocycles. The lowest BCUT2D eigenvalue weighted by atomic mass is 9.99. The van der Waals surface area contributed by atoms with E-state index in [-0.39, 0.29) is 12.2 Å². The normalized spacial score (nSPS) is 13.2. The monoisotopic (exact) mass is 340 g/mol. The maximum Gasteiger partial charge on any atom is 0.335 e. The van der Waals surface area contributed by atoms with Gasteiger partial charge in [-0.2, -0.15) is 0 Å². The fourth-order valence-electron chi connectivity index (χ4n) is 3.14. The van der Waals surface area contributed by atoms with E-state index < -0.39 is 11.9 Å². The molecule has 0 atom stereocenters. The minimum absolute atomic E-state index is 0.142. The van der Waals surface area contributed by atoms with Crippen molar-refractivity contribution >= 4 is 17.6 Å². The van der Waals surface area contributed by atoms with Gasteiger partial charge in [0.1, 0.15) is 5.75 Å². The van der Waals surface area contributed by atoms with Gasteiger partial charge < -0.3 is 20.5 Å². The van der Waals surface area contributed by atoms with Crippen LogP contribution in [0.4, 0.5) is 5.69 Å². The highest BCUT2D eigenvalue weighted by molar-refractivity contribution is 5.87. The Kier molecular flexibility index (Phi) is 4.88. The Bertz CT molecular complexity index is 804. The van der Waals surface area contributed by atoms with Gasteiger partial charge in [-0.3, -0.25) is 4.79 Å². The topological polar surface area (TPSA) is 92.9 Å². The molecule has 3 N–H and O–H groups in total. The van der Waals surface area contributed by atoms with Crippen LogP contribution in [0.25, 0.3) is 0 Å². The Hall–Kier alpha value is -3.02. The Labute approximate surface area is 145 Å². The third-order valence-electron chi connectivity index (χ3n) is 4.22. The fourth-order valence-corrected chi connectivity index (χ4v) is 3.14. The molecular weight excluding hydrogens is 320 g/mol. The van der Waals surface area contributed by atoms with Gasteiger partial charge in [0.25, 0.3) is 5.91 Å². The quantitative estimate of drug-likeness (QED) is 0.841. The summed E-state index contributed by atoms with van der Waals surface area (Å²) < 4.78 is 5.54. The van der Waals surface area contributed by atoms with E-state index in [1.807, 2.05) is 24.3 Å². The highest BCUT2D eigenvalue weighted by atomic mass is 16.5. The van der Waals surface area contributed by atoms with E-state index in [4.69, 9.17) is 15.6 Å². The lowest BCUT2D eigenvalue weighted by Crippen LogP contribution is -2.29. The van der Waals surface area contributed by atoms with E-state index >= 15 is 0 Å². The molecule has 0 radical (unpaired) electrons. The average molecular weight is 340 g/mol. The largest absolute Gasteiger partial charge is 0.483 e. The first-order valence-corrected chi connectivity index (χ1v) is 8.15. The van der Waals surface area contributed by atoms with Crippen LogP contribution in [0.2, 0.25) is 0 Å². The van der Waals surface area contributed by atoms with Crippen molar-refractivity contribution in [2.75, 3.05) is 18.1 Å². The number of benzene rings is 2. The number of aromatic carboxylic acids is 1. The fraction of sp³-hybridized carbons (Fsp3) is 0.263. The number of fused-ring (bicyclic) bond motifs is 1. The number of nitrogens with two attached hydrogens (primary N) is 1. The van der Waals surface area contributed by atoms with E-state index in [0.717, 1.165) is 36.2 Å². The van der Waals surface area contributed by atoms with E-state index in [9.17, 15) is 9.59 Å². The molecule has 130 valence electrons. The van der Waals surface area contributed by atoms with Crippen LogP contribution in [0, 0.1) is 0 Å². The van der Waals surface area contributed by atoms with Crippen molar-refractivity contribution in [3.8, 4) is 5.75 Å². The molecule has 6 nitrogen and oxygen atoms in total. The average Bonchev–Trinajstić information content (AvgIpc) is 2.60. The first-order valence-electron chi connectivity index (χ1n) is 8.15. The van der Waals surface area contributed by atoms with E-state index in [0.29, 0.717) is 12.3 Å². The summed E-state index contributed by atoms with van der Waals surface area (Å²) in [5.74, 6) is -0.751. The molecule has 0 bridgehead atoms. The number of anilines is 1. The Morgan fingerprint density at radius 2 is 2.00 bits per heavy atom. The zero-order chi connectivity index (χ0) is 17.8. The third kappa shape index (κ3) is 3.91. The number of rotatable bonds is 6. The van der Waals surface area contributed by atoms with Crippen LogP contribution in [0.5, 0.6) is 5.75 Å². The molecule has 6 heteroatoms. The Balaban J connectivity index is 1.84. The van der Waals surface area contributed by atoms with Crippen molar-refractivity contribution < 1.29 is 19.4 Å². The summed E-state index contributed by atoms with van der Waals surface area (Å²) in [6, 6.07) is 12.7.